The van der Waals surface area contributed by atoms with Crippen LogP contribution < -0.4 is 9.88 Å². The number of para-hydroxylation sites is 2. The summed E-state index contributed by atoms with van der Waals surface area (Å²) in [5.41, 5.74) is 5.11. The number of H-pyrrole nitrogens is 1. The van der Waals surface area contributed by atoms with Crippen molar-refractivity contribution < 1.29 is 9.36 Å². The van der Waals surface area contributed by atoms with Crippen molar-refractivity contribution in [3.8, 4) is 0 Å². The number of aromatic amines is 1. The molecule has 0 atom stereocenters. The second kappa shape index (κ2) is 8.72. The summed E-state index contributed by atoms with van der Waals surface area (Å²) in [6, 6.07) is 24.0. The van der Waals surface area contributed by atoms with Crippen LogP contribution in [0.1, 0.15) is 11.1 Å². The summed E-state index contributed by atoms with van der Waals surface area (Å²) >= 11 is 7.54. The first-order valence-corrected chi connectivity index (χ1v) is 10.7. The molecule has 6 heteroatoms. The average Bonchev–Trinajstić information content (AvgIpc) is 3.07. The molecule has 0 bridgehead atoms. The van der Waals surface area contributed by atoms with Crippen molar-refractivity contribution in [2.45, 2.75) is 18.6 Å². The van der Waals surface area contributed by atoms with Crippen LogP contribution in [0.25, 0.3) is 11.0 Å². The fraction of sp³-hybridized carbons (Fsp3) is 0.130. The van der Waals surface area contributed by atoms with Crippen LogP contribution in [0.4, 0.5) is 5.69 Å². The first kappa shape index (κ1) is 19.6. The van der Waals surface area contributed by atoms with Crippen LogP contribution in [-0.2, 0) is 11.3 Å². The van der Waals surface area contributed by atoms with E-state index >= 15 is 0 Å². The van der Waals surface area contributed by atoms with Crippen molar-refractivity contribution in [2.75, 3.05) is 11.1 Å². The molecule has 0 unspecified atom stereocenters. The van der Waals surface area contributed by atoms with E-state index in [1.54, 1.807) is 6.07 Å². The highest BCUT2D eigenvalue weighted by molar-refractivity contribution is 7.99. The number of nitrogens with zero attached hydrogens (tertiary/aromatic N) is 1. The van der Waals surface area contributed by atoms with Gasteiger partial charge in [0.05, 0.1) is 5.75 Å². The molecule has 1 aromatic heterocycles. The third kappa shape index (κ3) is 4.63. The summed E-state index contributed by atoms with van der Waals surface area (Å²) in [5.74, 6) is 0.235. The van der Waals surface area contributed by atoms with E-state index in [1.807, 2.05) is 49.4 Å². The Morgan fingerprint density at radius 1 is 1.07 bits per heavy atom. The lowest BCUT2D eigenvalue weighted by Crippen LogP contribution is -2.35. The monoisotopic (exact) mass is 422 g/mol. The topological polar surface area (TPSA) is 48.8 Å². The maximum absolute atomic E-state index is 12.5. The van der Waals surface area contributed by atoms with E-state index in [9.17, 15) is 4.79 Å². The van der Waals surface area contributed by atoms with Crippen molar-refractivity contribution in [2.24, 2.45) is 0 Å². The van der Waals surface area contributed by atoms with Crippen LogP contribution in [0.2, 0.25) is 5.02 Å². The molecule has 0 aliphatic carbocycles. The van der Waals surface area contributed by atoms with Crippen LogP contribution in [0, 0.1) is 6.92 Å². The van der Waals surface area contributed by atoms with Crippen LogP contribution >= 0.6 is 23.4 Å². The molecule has 146 valence electrons. The largest absolute Gasteiger partial charge is 0.325 e. The first-order valence-electron chi connectivity index (χ1n) is 9.33. The number of amides is 1. The van der Waals surface area contributed by atoms with Crippen LogP contribution in [-0.4, -0.2) is 16.6 Å². The molecule has 0 spiro atoms. The van der Waals surface area contributed by atoms with Gasteiger partial charge >= 0.3 is 5.16 Å². The zero-order valence-electron chi connectivity index (χ0n) is 16.0. The van der Waals surface area contributed by atoms with Gasteiger partial charge in [0.2, 0.25) is 5.91 Å². The van der Waals surface area contributed by atoms with Crippen LogP contribution in [0.5, 0.6) is 0 Å². The number of thioether (sulfide) groups is 1. The van der Waals surface area contributed by atoms with Gasteiger partial charge in [0.1, 0.15) is 6.54 Å². The Kier molecular flexibility index (Phi) is 5.88. The lowest BCUT2D eigenvalue weighted by Gasteiger charge is -2.08. The number of fused-ring (bicyclic) bond motifs is 1. The fourth-order valence-electron chi connectivity index (χ4n) is 3.19. The molecule has 0 aliphatic rings. The summed E-state index contributed by atoms with van der Waals surface area (Å²) in [4.78, 5) is 16.0. The molecular formula is C23H21ClN3OS+. The third-order valence-corrected chi connectivity index (χ3v) is 5.92. The number of halogens is 1. The highest BCUT2D eigenvalue weighted by atomic mass is 35.5. The molecule has 0 radical (unpaired) electrons. The lowest BCUT2D eigenvalue weighted by atomic mass is 10.2. The van der Waals surface area contributed by atoms with Gasteiger partial charge in [-0.05, 0) is 54.1 Å². The Balaban J connectivity index is 1.53. The van der Waals surface area contributed by atoms with Crippen molar-refractivity contribution in [1.82, 2.24) is 4.98 Å². The van der Waals surface area contributed by atoms with E-state index in [0.29, 0.717) is 10.8 Å². The number of nitrogens with one attached hydrogen (secondary N) is 2. The molecule has 0 saturated carbocycles. The zero-order valence-corrected chi connectivity index (χ0v) is 17.6. The highest BCUT2D eigenvalue weighted by Crippen LogP contribution is 2.22. The van der Waals surface area contributed by atoms with Crippen LogP contribution in [0.3, 0.4) is 0 Å². The highest BCUT2D eigenvalue weighted by Gasteiger charge is 2.20. The Bertz CT molecular complexity index is 1160. The number of imidazole rings is 1. The minimum absolute atomic E-state index is 0.0646. The van der Waals surface area contributed by atoms with E-state index in [4.69, 9.17) is 11.6 Å². The Morgan fingerprint density at radius 3 is 2.66 bits per heavy atom. The number of aryl methyl sites for hydroxylation is 1. The van der Waals surface area contributed by atoms with Gasteiger partial charge in [-0.2, -0.15) is 0 Å². The number of carbonyl (C=O) groups excluding carboxylic acids is 1. The minimum Gasteiger partial charge on any atom is -0.325 e. The number of carbonyl (C=O) groups is 1. The smallest absolute Gasteiger partial charge is 0.317 e. The Labute approximate surface area is 178 Å². The SMILES string of the molecule is Cc1ccc(Cl)cc1NC(=O)CSc1[nH]c2ccccc2[n+]1Cc1ccccc1. The fourth-order valence-corrected chi connectivity index (χ4v) is 4.21. The number of aromatic nitrogens is 2. The normalized spacial score (nSPS) is 11.0. The zero-order chi connectivity index (χ0) is 20.2. The maximum atomic E-state index is 12.5. The Morgan fingerprint density at radius 2 is 1.83 bits per heavy atom. The Hall–Kier alpha value is -2.76. The van der Waals surface area contributed by atoms with E-state index in [2.05, 4.69) is 39.1 Å². The minimum atomic E-state index is -0.0646. The summed E-state index contributed by atoms with van der Waals surface area (Å²) < 4.78 is 2.22. The van der Waals surface area contributed by atoms with E-state index in [1.165, 1.54) is 17.3 Å². The van der Waals surface area contributed by atoms with E-state index < -0.39 is 0 Å². The second-order valence-electron chi connectivity index (χ2n) is 6.82. The molecule has 4 nitrogen and oxygen atoms in total. The van der Waals surface area contributed by atoms with Crippen molar-refractivity contribution in [3.05, 3.63) is 88.9 Å². The predicted octanol–water partition coefficient (Wildman–Crippen LogP) is 5.20. The van der Waals surface area contributed by atoms with Crippen molar-refractivity contribution in [1.29, 1.82) is 0 Å². The van der Waals surface area contributed by atoms with Gasteiger partial charge in [-0.3, -0.25) is 4.79 Å². The van der Waals surface area contributed by atoms with Gasteiger partial charge in [0.25, 0.3) is 0 Å². The molecular weight excluding hydrogens is 402 g/mol. The number of hydrogen-bond acceptors (Lipinski definition) is 2. The molecule has 2 N–H and O–H groups in total. The molecule has 0 saturated heterocycles. The molecule has 1 amide bonds. The molecule has 4 aromatic rings. The van der Waals surface area contributed by atoms with Gasteiger partial charge in [-0.1, -0.05) is 60.1 Å². The average molecular weight is 423 g/mol. The standard InChI is InChI=1S/C23H20ClN3OS/c1-16-11-12-18(24)13-20(16)25-22(28)15-29-23-26-19-9-5-6-10-21(19)27(23)14-17-7-3-2-4-8-17/h2-13H,14-15H2,1H3,(H,25,28)/p+1. The van der Waals surface area contributed by atoms with Gasteiger partial charge < -0.3 is 5.32 Å². The third-order valence-electron chi connectivity index (χ3n) is 4.68. The van der Waals surface area contributed by atoms with E-state index in [0.717, 1.165) is 34.0 Å². The quantitative estimate of drug-likeness (QED) is 0.331. The first-order chi connectivity index (χ1) is 14.1. The molecule has 29 heavy (non-hydrogen) atoms. The van der Waals surface area contributed by atoms with Crippen LogP contribution in [0.15, 0.2) is 78.0 Å². The van der Waals surface area contributed by atoms with Gasteiger partial charge in [0, 0.05) is 10.7 Å². The van der Waals surface area contributed by atoms with Crippen molar-refractivity contribution in [3.63, 3.8) is 0 Å². The molecule has 1 heterocycles. The second-order valence-corrected chi connectivity index (χ2v) is 8.22. The lowest BCUT2D eigenvalue weighted by molar-refractivity contribution is -0.700. The number of rotatable bonds is 6. The summed E-state index contributed by atoms with van der Waals surface area (Å²) in [6.07, 6.45) is 0. The number of hydrogen-bond donors (Lipinski definition) is 2. The van der Waals surface area contributed by atoms with E-state index in [-0.39, 0.29) is 5.91 Å². The molecule has 0 aliphatic heterocycles. The molecule has 4 rings (SSSR count). The predicted molar refractivity (Wildman–Crippen MR) is 120 cm³/mol. The van der Waals surface area contributed by atoms with Gasteiger partial charge in [-0.25, -0.2) is 9.55 Å². The number of benzene rings is 3. The molecule has 3 aromatic carbocycles. The molecule has 0 fully saturated rings. The van der Waals surface area contributed by atoms with Crippen molar-refractivity contribution >= 4 is 46.0 Å². The van der Waals surface area contributed by atoms with Gasteiger partial charge in [0.15, 0.2) is 11.0 Å². The summed E-state index contributed by atoms with van der Waals surface area (Å²) in [5, 5.41) is 4.52. The summed E-state index contributed by atoms with van der Waals surface area (Å²) in [7, 11) is 0. The maximum Gasteiger partial charge on any atom is 0.317 e. The number of anilines is 1. The van der Waals surface area contributed by atoms with Gasteiger partial charge in [-0.15, -0.1) is 0 Å². The summed E-state index contributed by atoms with van der Waals surface area (Å²) in [6.45, 7) is 2.69.